The third-order valence-electron chi connectivity index (χ3n) is 4.95. The molecule has 1 aliphatic rings. The summed E-state index contributed by atoms with van der Waals surface area (Å²) in [5, 5.41) is 2.94. The van der Waals surface area contributed by atoms with Gasteiger partial charge < -0.3 is 15.0 Å². The number of hydrogen-bond acceptors (Lipinski definition) is 4. The fourth-order valence-corrected chi connectivity index (χ4v) is 3.28. The Bertz CT molecular complexity index is 768. The van der Waals surface area contributed by atoms with E-state index < -0.39 is 0 Å². The molecule has 1 N–H and O–H groups in total. The largest absolute Gasteiger partial charge is 0.497 e. The molecule has 0 radical (unpaired) electrons. The van der Waals surface area contributed by atoms with E-state index in [1.165, 1.54) is 5.56 Å². The van der Waals surface area contributed by atoms with Gasteiger partial charge >= 0.3 is 0 Å². The molecule has 2 aromatic rings. The van der Waals surface area contributed by atoms with Gasteiger partial charge in [-0.1, -0.05) is 48.6 Å². The summed E-state index contributed by atoms with van der Waals surface area (Å²) in [6, 6.07) is 17.8. The van der Waals surface area contributed by atoms with Crippen molar-refractivity contribution in [1.82, 2.24) is 9.80 Å². The van der Waals surface area contributed by atoms with Crippen molar-refractivity contribution < 1.29 is 9.53 Å². The van der Waals surface area contributed by atoms with Crippen LogP contribution in [0, 0.1) is 0 Å². The van der Waals surface area contributed by atoms with Gasteiger partial charge in [0.05, 0.1) is 7.11 Å². The van der Waals surface area contributed by atoms with E-state index in [2.05, 4.69) is 51.5 Å². The molecule has 0 aliphatic carbocycles. The molecule has 0 atom stereocenters. The van der Waals surface area contributed by atoms with E-state index >= 15 is 0 Å². The molecule has 28 heavy (non-hydrogen) atoms. The average molecular weight is 380 g/mol. The van der Waals surface area contributed by atoms with Gasteiger partial charge in [0.15, 0.2) is 0 Å². The van der Waals surface area contributed by atoms with Crippen LogP contribution >= 0.6 is 0 Å². The number of carbonyl (C=O) groups is 1. The highest BCUT2D eigenvalue weighted by atomic mass is 16.5. The highest BCUT2D eigenvalue weighted by molar-refractivity contribution is 5.91. The van der Waals surface area contributed by atoms with E-state index in [-0.39, 0.29) is 5.91 Å². The molecule has 1 heterocycles. The maximum absolute atomic E-state index is 12.2. The van der Waals surface area contributed by atoms with Crippen molar-refractivity contribution in [2.45, 2.75) is 6.42 Å². The first-order valence-corrected chi connectivity index (χ1v) is 9.83. The first-order valence-electron chi connectivity index (χ1n) is 9.83. The molecule has 0 bridgehead atoms. The lowest BCUT2D eigenvalue weighted by molar-refractivity contribution is -0.116. The van der Waals surface area contributed by atoms with Crippen molar-refractivity contribution in [3.05, 3.63) is 66.2 Å². The number of hydrogen-bond donors (Lipinski definition) is 1. The monoisotopic (exact) mass is 379 g/mol. The Balaban J connectivity index is 1.34. The molecule has 3 rings (SSSR count). The molecule has 0 aromatic heterocycles. The Hall–Kier alpha value is -2.63. The number of anilines is 1. The molecule has 1 saturated heterocycles. The summed E-state index contributed by atoms with van der Waals surface area (Å²) in [7, 11) is 1.62. The summed E-state index contributed by atoms with van der Waals surface area (Å²) >= 11 is 0. The zero-order valence-electron chi connectivity index (χ0n) is 16.5. The van der Waals surface area contributed by atoms with Crippen molar-refractivity contribution >= 4 is 17.7 Å². The van der Waals surface area contributed by atoms with Crippen LogP contribution < -0.4 is 10.1 Å². The van der Waals surface area contributed by atoms with Crippen molar-refractivity contribution in [2.24, 2.45) is 0 Å². The number of ether oxygens (including phenoxy) is 1. The van der Waals surface area contributed by atoms with Crippen LogP contribution in [0.4, 0.5) is 5.69 Å². The van der Waals surface area contributed by atoms with Gasteiger partial charge in [0.25, 0.3) is 0 Å². The molecule has 5 nitrogen and oxygen atoms in total. The van der Waals surface area contributed by atoms with Gasteiger partial charge in [-0.15, -0.1) is 0 Å². The van der Waals surface area contributed by atoms with Crippen LogP contribution in [-0.4, -0.2) is 62.1 Å². The van der Waals surface area contributed by atoms with Gasteiger partial charge in [-0.25, -0.2) is 0 Å². The van der Waals surface area contributed by atoms with Crippen molar-refractivity contribution in [3.8, 4) is 5.75 Å². The van der Waals surface area contributed by atoms with Crippen LogP contribution in [0.5, 0.6) is 5.75 Å². The number of carbonyl (C=O) groups excluding carboxylic acids is 1. The lowest BCUT2D eigenvalue weighted by atomic mass is 10.2. The molecule has 148 valence electrons. The third kappa shape index (κ3) is 6.51. The summed E-state index contributed by atoms with van der Waals surface area (Å²) in [6.07, 6.45) is 4.91. The van der Waals surface area contributed by atoms with E-state index in [0.717, 1.165) is 50.7 Å². The number of piperazine rings is 1. The van der Waals surface area contributed by atoms with E-state index in [1.54, 1.807) is 7.11 Å². The Kier molecular flexibility index (Phi) is 7.64. The zero-order chi connectivity index (χ0) is 19.6. The van der Waals surface area contributed by atoms with E-state index in [4.69, 9.17) is 4.74 Å². The lowest BCUT2D eigenvalue weighted by Gasteiger charge is -2.34. The Morgan fingerprint density at radius 1 is 1.04 bits per heavy atom. The molecular weight excluding hydrogens is 350 g/mol. The molecular formula is C23H29N3O2. The predicted molar refractivity (Wildman–Crippen MR) is 115 cm³/mol. The first-order chi connectivity index (χ1) is 13.7. The minimum Gasteiger partial charge on any atom is -0.497 e. The standard InChI is InChI=1S/C23H29N3O2/c1-28-22-11-5-10-21(19-22)24-23(27)12-14-26-17-15-25(16-18-26)13-6-9-20-7-3-2-4-8-20/h2-11,19H,12-18H2,1H3,(H,24,27)/b9-6-. The smallest absolute Gasteiger partial charge is 0.225 e. The molecule has 0 unspecified atom stereocenters. The van der Waals surface area contributed by atoms with Crippen LogP contribution in [0.15, 0.2) is 60.7 Å². The summed E-state index contributed by atoms with van der Waals surface area (Å²) in [4.78, 5) is 17.0. The minimum absolute atomic E-state index is 0.0430. The highest BCUT2D eigenvalue weighted by Crippen LogP contribution is 2.16. The number of nitrogens with zero attached hydrogens (tertiary/aromatic N) is 2. The Labute approximate surface area is 167 Å². The van der Waals surface area contributed by atoms with Crippen LogP contribution in [0.25, 0.3) is 6.08 Å². The minimum atomic E-state index is 0.0430. The Morgan fingerprint density at radius 2 is 1.79 bits per heavy atom. The van der Waals surface area contributed by atoms with Crippen LogP contribution in [0.1, 0.15) is 12.0 Å². The third-order valence-corrected chi connectivity index (χ3v) is 4.95. The number of amides is 1. The van der Waals surface area contributed by atoms with Crippen molar-refractivity contribution in [1.29, 1.82) is 0 Å². The summed E-state index contributed by atoms with van der Waals surface area (Å²) in [6.45, 7) is 5.85. The van der Waals surface area contributed by atoms with Crippen molar-refractivity contribution in [3.63, 3.8) is 0 Å². The number of benzene rings is 2. The molecule has 1 aliphatic heterocycles. The predicted octanol–water partition coefficient (Wildman–Crippen LogP) is 3.35. The van der Waals surface area contributed by atoms with E-state index in [0.29, 0.717) is 6.42 Å². The SMILES string of the molecule is COc1cccc(NC(=O)CCN2CCN(C/C=C\c3ccccc3)CC2)c1. The van der Waals surface area contributed by atoms with Gasteiger partial charge in [0, 0.05) is 57.4 Å². The van der Waals surface area contributed by atoms with Gasteiger partial charge in [-0.05, 0) is 17.7 Å². The summed E-state index contributed by atoms with van der Waals surface area (Å²) in [5.74, 6) is 0.789. The fourth-order valence-electron chi connectivity index (χ4n) is 3.28. The van der Waals surface area contributed by atoms with E-state index in [1.807, 2.05) is 30.3 Å². The second-order valence-corrected chi connectivity index (χ2v) is 6.99. The topological polar surface area (TPSA) is 44.8 Å². The van der Waals surface area contributed by atoms with Gasteiger partial charge in [0.2, 0.25) is 5.91 Å². The summed E-state index contributed by atoms with van der Waals surface area (Å²) < 4.78 is 5.19. The fraction of sp³-hybridized carbons (Fsp3) is 0.348. The second-order valence-electron chi connectivity index (χ2n) is 6.99. The van der Waals surface area contributed by atoms with Crippen molar-refractivity contribution in [2.75, 3.05) is 51.7 Å². The molecule has 1 amide bonds. The number of methoxy groups -OCH3 is 1. The Morgan fingerprint density at radius 3 is 2.54 bits per heavy atom. The zero-order valence-corrected chi connectivity index (χ0v) is 16.5. The second kappa shape index (κ2) is 10.6. The van der Waals surface area contributed by atoms with Crippen LogP contribution in [0.2, 0.25) is 0 Å². The lowest BCUT2D eigenvalue weighted by Crippen LogP contribution is -2.46. The normalized spacial score (nSPS) is 15.6. The van der Waals surface area contributed by atoms with Crippen LogP contribution in [0.3, 0.4) is 0 Å². The number of rotatable bonds is 8. The maximum Gasteiger partial charge on any atom is 0.225 e. The van der Waals surface area contributed by atoms with Gasteiger partial charge in [0.1, 0.15) is 5.75 Å². The van der Waals surface area contributed by atoms with Gasteiger partial charge in [-0.3, -0.25) is 9.69 Å². The van der Waals surface area contributed by atoms with Gasteiger partial charge in [-0.2, -0.15) is 0 Å². The quantitative estimate of drug-likeness (QED) is 0.764. The highest BCUT2D eigenvalue weighted by Gasteiger charge is 2.16. The molecule has 0 spiro atoms. The molecule has 2 aromatic carbocycles. The molecule has 5 heteroatoms. The summed E-state index contributed by atoms with van der Waals surface area (Å²) in [5.41, 5.74) is 2.02. The number of nitrogens with one attached hydrogen (secondary N) is 1. The van der Waals surface area contributed by atoms with Crippen LogP contribution in [-0.2, 0) is 4.79 Å². The average Bonchev–Trinajstić information content (AvgIpc) is 2.74. The van der Waals surface area contributed by atoms with E-state index in [9.17, 15) is 4.79 Å². The maximum atomic E-state index is 12.2. The first kappa shape index (κ1) is 20.1. The molecule has 0 saturated carbocycles. The molecule has 1 fully saturated rings.